The molecule has 6 heteroatoms. The van der Waals surface area contributed by atoms with Crippen LogP contribution in [-0.4, -0.2) is 50.3 Å². The lowest BCUT2D eigenvalue weighted by molar-refractivity contribution is -0.126. The van der Waals surface area contributed by atoms with E-state index in [4.69, 9.17) is 13.9 Å². The van der Waals surface area contributed by atoms with Gasteiger partial charge in [-0.1, -0.05) is 18.2 Å². The van der Waals surface area contributed by atoms with E-state index in [0.29, 0.717) is 32.8 Å². The minimum atomic E-state index is -0.163. The van der Waals surface area contributed by atoms with Gasteiger partial charge in [-0.05, 0) is 37.1 Å². The summed E-state index contributed by atoms with van der Waals surface area (Å²) in [5.41, 5.74) is 1.09. The van der Waals surface area contributed by atoms with E-state index in [9.17, 15) is 4.79 Å². The Hall–Kier alpha value is -2.31. The standard InChI is InChI=1S/C21H26N2O4/c1-15-6-7-20(27-15)18(23-8-10-25-11-9-23)13-22-21(24)17-12-16-4-2-3-5-19(16)26-14-17/h2-7,17-18H,8-14H2,1H3,(H,22,24). The summed E-state index contributed by atoms with van der Waals surface area (Å²) in [6, 6.07) is 11.9. The van der Waals surface area contributed by atoms with E-state index >= 15 is 0 Å². The molecule has 0 spiro atoms. The van der Waals surface area contributed by atoms with Crippen LogP contribution in [0.1, 0.15) is 23.1 Å². The molecule has 2 unspecified atom stereocenters. The topological polar surface area (TPSA) is 63.9 Å². The first kappa shape index (κ1) is 18.1. The number of ether oxygens (including phenoxy) is 2. The number of benzene rings is 1. The summed E-state index contributed by atoms with van der Waals surface area (Å²) >= 11 is 0. The lowest BCUT2D eigenvalue weighted by Gasteiger charge is -2.34. The van der Waals surface area contributed by atoms with Crippen LogP contribution < -0.4 is 10.1 Å². The number of hydrogen-bond acceptors (Lipinski definition) is 5. The van der Waals surface area contributed by atoms with Crippen LogP contribution in [0.2, 0.25) is 0 Å². The van der Waals surface area contributed by atoms with Crippen molar-refractivity contribution in [2.75, 3.05) is 39.5 Å². The summed E-state index contributed by atoms with van der Waals surface area (Å²) in [5.74, 6) is 2.53. The second-order valence-electron chi connectivity index (χ2n) is 7.18. The average molecular weight is 370 g/mol. The molecule has 1 aromatic carbocycles. The van der Waals surface area contributed by atoms with Crippen molar-refractivity contribution in [2.24, 2.45) is 5.92 Å². The van der Waals surface area contributed by atoms with Crippen LogP contribution in [0, 0.1) is 12.8 Å². The number of furan rings is 1. The van der Waals surface area contributed by atoms with Crippen molar-refractivity contribution in [2.45, 2.75) is 19.4 Å². The Labute approximate surface area is 159 Å². The maximum Gasteiger partial charge on any atom is 0.226 e. The highest BCUT2D eigenvalue weighted by Gasteiger charge is 2.29. The van der Waals surface area contributed by atoms with Crippen molar-refractivity contribution in [1.29, 1.82) is 0 Å². The van der Waals surface area contributed by atoms with Crippen LogP contribution in [0.5, 0.6) is 5.75 Å². The number of carbonyl (C=O) groups excluding carboxylic acids is 1. The van der Waals surface area contributed by atoms with Crippen LogP contribution in [-0.2, 0) is 16.0 Å². The molecule has 27 heavy (non-hydrogen) atoms. The first-order valence-electron chi connectivity index (χ1n) is 9.57. The van der Waals surface area contributed by atoms with E-state index in [0.717, 1.165) is 35.9 Å². The summed E-state index contributed by atoms with van der Waals surface area (Å²) in [6.45, 7) is 5.96. The lowest BCUT2D eigenvalue weighted by atomic mass is 9.96. The highest BCUT2D eigenvalue weighted by molar-refractivity contribution is 5.79. The van der Waals surface area contributed by atoms with Gasteiger partial charge in [-0.15, -0.1) is 0 Å². The minimum absolute atomic E-state index is 0.0170. The van der Waals surface area contributed by atoms with E-state index in [1.165, 1.54) is 0 Å². The van der Waals surface area contributed by atoms with Crippen LogP contribution in [0.25, 0.3) is 0 Å². The number of nitrogens with one attached hydrogen (secondary N) is 1. The highest BCUT2D eigenvalue weighted by atomic mass is 16.5. The zero-order valence-electron chi connectivity index (χ0n) is 15.6. The summed E-state index contributed by atoms with van der Waals surface area (Å²) in [6.07, 6.45) is 0.712. The van der Waals surface area contributed by atoms with Crippen LogP contribution >= 0.6 is 0 Å². The fourth-order valence-corrected chi connectivity index (χ4v) is 3.77. The van der Waals surface area contributed by atoms with Gasteiger partial charge < -0.3 is 19.2 Å². The third-order valence-electron chi connectivity index (χ3n) is 5.30. The molecule has 1 aromatic heterocycles. The van der Waals surface area contributed by atoms with Gasteiger partial charge in [0.05, 0.1) is 25.2 Å². The molecule has 2 atom stereocenters. The Morgan fingerprint density at radius 1 is 1.22 bits per heavy atom. The van der Waals surface area contributed by atoms with Crippen LogP contribution in [0.4, 0.5) is 0 Å². The molecule has 0 saturated carbocycles. The van der Waals surface area contributed by atoms with Gasteiger partial charge in [0.1, 0.15) is 23.9 Å². The van der Waals surface area contributed by atoms with Crippen molar-refractivity contribution in [3.63, 3.8) is 0 Å². The Bertz CT molecular complexity index is 782. The maximum atomic E-state index is 12.8. The second kappa shape index (κ2) is 8.15. The van der Waals surface area contributed by atoms with Crippen LogP contribution in [0.15, 0.2) is 40.8 Å². The van der Waals surface area contributed by atoms with Crippen molar-refractivity contribution in [3.8, 4) is 5.75 Å². The van der Waals surface area contributed by atoms with E-state index in [1.54, 1.807) is 0 Å². The molecule has 6 nitrogen and oxygen atoms in total. The van der Waals surface area contributed by atoms with Crippen LogP contribution in [0.3, 0.4) is 0 Å². The molecule has 1 saturated heterocycles. The molecular weight excluding hydrogens is 344 g/mol. The van der Waals surface area contributed by atoms with Gasteiger partial charge >= 0.3 is 0 Å². The molecule has 4 rings (SSSR count). The molecule has 0 radical (unpaired) electrons. The largest absolute Gasteiger partial charge is 0.492 e. The zero-order chi connectivity index (χ0) is 18.6. The summed E-state index contributed by atoms with van der Waals surface area (Å²) in [5, 5.41) is 3.13. The van der Waals surface area contributed by atoms with Crippen molar-refractivity contribution in [1.82, 2.24) is 10.2 Å². The number of amides is 1. The van der Waals surface area contributed by atoms with Gasteiger partial charge in [-0.2, -0.15) is 0 Å². The molecule has 1 fully saturated rings. The number of morpholine rings is 1. The van der Waals surface area contributed by atoms with Gasteiger partial charge in [0, 0.05) is 19.6 Å². The fourth-order valence-electron chi connectivity index (χ4n) is 3.77. The van der Waals surface area contributed by atoms with Crippen molar-refractivity contribution < 1.29 is 18.7 Å². The molecule has 1 amide bonds. The van der Waals surface area contributed by atoms with E-state index in [-0.39, 0.29) is 17.9 Å². The summed E-state index contributed by atoms with van der Waals surface area (Å²) in [4.78, 5) is 15.1. The SMILES string of the molecule is Cc1ccc(C(CNC(=O)C2COc3ccccc3C2)N2CCOCC2)o1. The summed E-state index contributed by atoms with van der Waals surface area (Å²) < 4.78 is 17.1. The molecular formula is C21H26N2O4. The molecule has 144 valence electrons. The number of rotatable bonds is 5. The second-order valence-corrected chi connectivity index (χ2v) is 7.18. The number of carbonyl (C=O) groups is 1. The highest BCUT2D eigenvalue weighted by Crippen LogP contribution is 2.27. The molecule has 2 aliphatic rings. The molecule has 0 aliphatic carbocycles. The molecule has 3 heterocycles. The van der Waals surface area contributed by atoms with E-state index in [1.807, 2.05) is 43.3 Å². The smallest absolute Gasteiger partial charge is 0.226 e. The Balaban J connectivity index is 1.40. The first-order chi connectivity index (χ1) is 13.2. The maximum absolute atomic E-state index is 12.8. The monoisotopic (exact) mass is 370 g/mol. The third kappa shape index (κ3) is 4.17. The average Bonchev–Trinajstić information content (AvgIpc) is 3.14. The Kier molecular flexibility index (Phi) is 5.45. The quantitative estimate of drug-likeness (QED) is 0.875. The van der Waals surface area contributed by atoms with Gasteiger partial charge in [-0.25, -0.2) is 0 Å². The molecule has 1 N–H and O–H groups in total. The van der Waals surface area contributed by atoms with Gasteiger partial charge in [-0.3, -0.25) is 9.69 Å². The predicted molar refractivity (Wildman–Crippen MR) is 101 cm³/mol. The molecule has 2 aromatic rings. The van der Waals surface area contributed by atoms with Gasteiger partial charge in [0.2, 0.25) is 5.91 Å². The first-order valence-corrected chi connectivity index (χ1v) is 9.57. The predicted octanol–water partition coefficient (Wildman–Crippen LogP) is 2.33. The van der Waals surface area contributed by atoms with Crippen molar-refractivity contribution in [3.05, 3.63) is 53.5 Å². The minimum Gasteiger partial charge on any atom is -0.492 e. The van der Waals surface area contributed by atoms with Crippen molar-refractivity contribution >= 4 is 5.91 Å². The number of aryl methyl sites for hydroxylation is 1. The van der Waals surface area contributed by atoms with Gasteiger partial charge in [0.15, 0.2) is 0 Å². The normalized spacial score (nSPS) is 21.1. The Morgan fingerprint density at radius 2 is 2.04 bits per heavy atom. The van der Waals surface area contributed by atoms with E-state index in [2.05, 4.69) is 10.2 Å². The number of fused-ring (bicyclic) bond motifs is 1. The lowest BCUT2D eigenvalue weighted by Crippen LogP contribution is -2.45. The summed E-state index contributed by atoms with van der Waals surface area (Å²) in [7, 11) is 0. The number of nitrogens with zero attached hydrogens (tertiary/aromatic N) is 1. The molecule has 0 bridgehead atoms. The zero-order valence-corrected chi connectivity index (χ0v) is 15.6. The fraction of sp³-hybridized carbons (Fsp3) is 0.476. The number of hydrogen-bond donors (Lipinski definition) is 1. The number of para-hydroxylation sites is 1. The van der Waals surface area contributed by atoms with E-state index < -0.39 is 0 Å². The molecule has 2 aliphatic heterocycles. The Morgan fingerprint density at radius 3 is 2.81 bits per heavy atom. The third-order valence-corrected chi connectivity index (χ3v) is 5.30. The van der Waals surface area contributed by atoms with Gasteiger partial charge in [0.25, 0.3) is 0 Å².